The van der Waals surface area contributed by atoms with Crippen LogP contribution >= 0.6 is 0 Å². The molecule has 7 heteroatoms. The second-order valence-electron chi connectivity index (χ2n) is 5.54. The van der Waals surface area contributed by atoms with Crippen LogP contribution in [0.2, 0.25) is 0 Å². The first-order valence-corrected chi connectivity index (χ1v) is 7.12. The SMILES string of the molecule is O=c1ccc(C2=CCC3(CC2)OCCO3)cn1CC(F)(F)F. The van der Waals surface area contributed by atoms with Crippen molar-refractivity contribution in [3.8, 4) is 0 Å². The molecular formula is C15H16F3NO3. The van der Waals surface area contributed by atoms with Gasteiger partial charge in [-0.05, 0) is 23.6 Å². The lowest BCUT2D eigenvalue weighted by molar-refractivity contribution is -0.159. The maximum atomic E-state index is 12.5. The highest BCUT2D eigenvalue weighted by Crippen LogP contribution is 2.38. The summed E-state index contributed by atoms with van der Waals surface area (Å²) in [7, 11) is 0. The summed E-state index contributed by atoms with van der Waals surface area (Å²) in [5.74, 6) is -0.566. The highest BCUT2D eigenvalue weighted by Gasteiger charge is 2.37. The number of pyridine rings is 1. The van der Waals surface area contributed by atoms with E-state index in [0.717, 1.165) is 5.57 Å². The molecule has 0 N–H and O–H groups in total. The van der Waals surface area contributed by atoms with Crippen molar-refractivity contribution in [2.24, 2.45) is 0 Å². The molecule has 22 heavy (non-hydrogen) atoms. The Balaban J connectivity index is 1.82. The zero-order valence-corrected chi connectivity index (χ0v) is 11.9. The first-order valence-electron chi connectivity index (χ1n) is 7.12. The number of rotatable bonds is 2. The van der Waals surface area contributed by atoms with Gasteiger partial charge >= 0.3 is 6.18 Å². The molecule has 0 amide bonds. The van der Waals surface area contributed by atoms with E-state index in [-0.39, 0.29) is 0 Å². The molecule has 120 valence electrons. The zero-order valence-electron chi connectivity index (χ0n) is 11.9. The smallest absolute Gasteiger partial charge is 0.347 e. The van der Waals surface area contributed by atoms with E-state index in [0.29, 0.717) is 42.6 Å². The molecule has 1 aliphatic carbocycles. The summed E-state index contributed by atoms with van der Waals surface area (Å²) >= 11 is 0. The summed E-state index contributed by atoms with van der Waals surface area (Å²) in [6.45, 7) is -0.137. The number of hydrogen-bond donors (Lipinski definition) is 0. The molecule has 1 spiro atoms. The number of allylic oxidation sites excluding steroid dienone is 1. The first-order chi connectivity index (χ1) is 10.4. The van der Waals surface area contributed by atoms with Crippen LogP contribution in [0.5, 0.6) is 0 Å². The van der Waals surface area contributed by atoms with Crippen LogP contribution in [0.25, 0.3) is 5.57 Å². The Kier molecular flexibility index (Phi) is 3.86. The van der Waals surface area contributed by atoms with Crippen molar-refractivity contribution in [1.82, 2.24) is 4.57 Å². The number of aromatic nitrogens is 1. The van der Waals surface area contributed by atoms with E-state index in [4.69, 9.17) is 9.47 Å². The Hall–Kier alpha value is -1.60. The van der Waals surface area contributed by atoms with Crippen LogP contribution in [0.4, 0.5) is 13.2 Å². The molecule has 0 saturated carbocycles. The van der Waals surface area contributed by atoms with E-state index in [9.17, 15) is 18.0 Å². The lowest BCUT2D eigenvalue weighted by Gasteiger charge is -2.30. The van der Waals surface area contributed by atoms with Gasteiger partial charge in [-0.2, -0.15) is 13.2 Å². The van der Waals surface area contributed by atoms with Gasteiger partial charge < -0.3 is 14.0 Å². The highest BCUT2D eigenvalue weighted by molar-refractivity contribution is 5.65. The summed E-state index contributed by atoms with van der Waals surface area (Å²) in [5.41, 5.74) is 0.897. The topological polar surface area (TPSA) is 40.5 Å². The molecule has 1 saturated heterocycles. The standard InChI is InChI=1S/C15H16F3NO3/c16-15(17,18)10-19-9-12(1-2-13(19)20)11-3-5-14(6-4-11)21-7-8-22-14/h1-3,9H,4-8,10H2. The van der Waals surface area contributed by atoms with Crippen LogP contribution in [0.1, 0.15) is 24.8 Å². The van der Waals surface area contributed by atoms with E-state index < -0.39 is 24.1 Å². The Morgan fingerprint density at radius 2 is 1.95 bits per heavy atom. The van der Waals surface area contributed by atoms with Crippen LogP contribution < -0.4 is 5.56 Å². The summed E-state index contributed by atoms with van der Waals surface area (Å²) in [6.07, 6.45) is 0.656. The van der Waals surface area contributed by atoms with Gasteiger partial charge in [-0.25, -0.2) is 0 Å². The van der Waals surface area contributed by atoms with Gasteiger partial charge in [0.05, 0.1) is 13.2 Å². The Morgan fingerprint density at radius 1 is 1.23 bits per heavy atom. The molecular weight excluding hydrogens is 299 g/mol. The first kappa shape index (κ1) is 15.3. The summed E-state index contributed by atoms with van der Waals surface area (Å²) in [5, 5.41) is 0. The van der Waals surface area contributed by atoms with Crippen LogP contribution in [-0.2, 0) is 16.0 Å². The fourth-order valence-corrected chi connectivity index (χ4v) is 2.87. The largest absolute Gasteiger partial charge is 0.406 e. The van der Waals surface area contributed by atoms with Gasteiger partial charge in [0.25, 0.3) is 5.56 Å². The number of hydrogen-bond acceptors (Lipinski definition) is 3. The fraction of sp³-hybridized carbons (Fsp3) is 0.533. The monoisotopic (exact) mass is 315 g/mol. The predicted molar refractivity (Wildman–Crippen MR) is 73.2 cm³/mol. The van der Waals surface area contributed by atoms with E-state index in [1.54, 1.807) is 6.07 Å². The average molecular weight is 315 g/mol. The molecule has 2 heterocycles. The number of halogens is 3. The molecule has 3 rings (SSSR count). The Bertz CT molecular complexity index is 642. The van der Waals surface area contributed by atoms with E-state index in [2.05, 4.69) is 0 Å². The van der Waals surface area contributed by atoms with Gasteiger partial charge in [0.15, 0.2) is 5.79 Å². The van der Waals surface area contributed by atoms with Crippen molar-refractivity contribution < 1.29 is 22.6 Å². The van der Waals surface area contributed by atoms with Gasteiger partial charge in [0, 0.05) is 25.1 Å². The molecule has 1 aliphatic heterocycles. The molecule has 1 fully saturated rings. The quantitative estimate of drug-likeness (QED) is 0.842. The summed E-state index contributed by atoms with van der Waals surface area (Å²) < 4.78 is 49.4. The molecule has 1 aromatic rings. The minimum Gasteiger partial charge on any atom is -0.347 e. The summed E-state index contributed by atoms with van der Waals surface area (Å²) in [6, 6.07) is 2.74. The van der Waals surface area contributed by atoms with Gasteiger partial charge in [0.1, 0.15) is 6.54 Å². The second kappa shape index (κ2) is 5.55. The van der Waals surface area contributed by atoms with Gasteiger partial charge in [-0.3, -0.25) is 4.79 Å². The molecule has 0 atom stereocenters. The Labute approximate surface area is 125 Å². The van der Waals surface area contributed by atoms with Crippen molar-refractivity contribution in [2.45, 2.75) is 37.8 Å². The van der Waals surface area contributed by atoms with Crippen molar-refractivity contribution in [2.75, 3.05) is 13.2 Å². The minimum absolute atomic E-state index is 0.566. The van der Waals surface area contributed by atoms with E-state index in [1.165, 1.54) is 12.3 Å². The number of ether oxygens (including phenoxy) is 2. The maximum absolute atomic E-state index is 12.5. The van der Waals surface area contributed by atoms with Crippen LogP contribution in [-0.4, -0.2) is 29.7 Å². The molecule has 2 aliphatic rings. The lowest BCUT2D eigenvalue weighted by atomic mass is 9.90. The fourth-order valence-electron chi connectivity index (χ4n) is 2.87. The molecule has 0 aromatic carbocycles. The number of alkyl halides is 3. The van der Waals surface area contributed by atoms with Crippen LogP contribution in [0.15, 0.2) is 29.2 Å². The second-order valence-corrected chi connectivity index (χ2v) is 5.54. The van der Waals surface area contributed by atoms with E-state index >= 15 is 0 Å². The molecule has 0 radical (unpaired) electrons. The average Bonchev–Trinajstić information content (AvgIpc) is 2.89. The third kappa shape index (κ3) is 3.25. The number of nitrogens with zero attached hydrogens (tertiary/aromatic N) is 1. The van der Waals surface area contributed by atoms with Crippen molar-refractivity contribution in [3.05, 3.63) is 40.3 Å². The molecule has 1 aromatic heterocycles. The Morgan fingerprint density at radius 3 is 2.55 bits per heavy atom. The lowest BCUT2D eigenvalue weighted by Crippen LogP contribution is -2.31. The molecule has 4 nitrogen and oxygen atoms in total. The van der Waals surface area contributed by atoms with Crippen molar-refractivity contribution >= 4 is 5.57 Å². The predicted octanol–water partition coefficient (Wildman–Crippen LogP) is 2.72. The normalized spacial score (nSPS) is 21.1. The van der Waals surface area contributed by atoms with E-state index in [1.807, 2.05) is 6.08 Å². The third-order valence-corrected chi connectivity index (χ3v) is 3.95. The zero-order chi connectivity index (χ0) is 15.8. The maximum Gasteiger partial charge on any atom is 0.406 e. The van der Waals surface area contributed by atoms with Gasteiger partial charge in [0.2, 0.25) is 0 Å². The molecule has 0 unspecified atom stereocenters. The molecule has 0 bridgehead atoms. The minimum atomic E-state index is -4.42. The third-order valence-electron chi connectivity index (χ3n) is 3.95. The van der Waals surface area contributed by atoms with Crippen LogP contribution in [0.3, 0.4) is 0 Å². The van der Waals surface area contributed by atoms with Gasteiger partial charge in [-0.15, -0.1) is 0 Å². The van der Waals surface area contributed by atoms with Gasteiger partial charge in [-0.1, -0.05) is 6.08 Å². The summed E-state index contributed by atoms with van der Waals surface area (Å²) in [4.78, 5) is 11.5. The van der Waals surface area contributed by atoms with Crippen LogP contribution in [0, 0.1) is 0 Å². The van der Waals surface area contributed by atoms with Crippen molar-refractivity contribution in [1.29, 1.82) is 0 Å². The van der Waals surface area contributed by atoms with Crippen molar-refractivity contribution in [3.63, 3.8) is 0 Å². The highest BCUT2D eigenvalue weighted by atomic mass is 19.4.